The third-order valence-corrected chi connectivity index (χ3v) is 5.99. The number of nitrogens with zero attached hydrogens (tertiary/aromatic N) is 5. The lowest BCUT2D eigenvalue weighted by atomic mass is 10.0. The van der Waals surface area contributed by atoms with Crippen molar-refractivity contribution in [3.8, 4) is 22.8 Å². The fourth-order valence-corrected chi connectivity index (χ4v) is 4.45. The van der Waals surface area contributed by atoms with Crippen LogP contribution in [0.3, 0.4) is 0 Å². The molecule has 0 aliphatic heterocycles. The zero-order valence-corrected chi connectivity index (χ0v) is 16.4. The molecule has 4 aromatic rings. The van der Waals surface area contributed by atoms with E-state index in [-0.39, 0.29) is 0 Å². The average molecular weight is 404 g/mol. The zero-order valence-electron chi connectivity index (χ0n) is 16.4. The predicted molar refractivity (Wildman–Crippen MR) is 108 cm³/mol. The summed E-state index contributed by atoms with van der Waals surface area (Å²) in [5.41, 5.74) is 11.0. The van der Waals surface area contributed by atoms with E-state index in [1.54, 1.807) is 19.4 Å². The fourth-order valence-electron chi connectivity index (χ4n) is 4.45. The SMILES string of the molecule is COc1ccc(-n2c3c(c4c(N)ncnc42)-c2noc(C4CC4)c2C(O)CC3)cn1. The Balaban J connectivity index is 1.68. The molecule has 4 heterocycles. The van der Waals surface area contributed by atoms with E-state index in [1.165, 1.54) is 6.33 Å². The Bertz CT molecular complexity index is 1270. The highest BCUT2D eigenvalue weighted by Crippen LogP contribution is 2.50. The second-order valence-electron chi connectivity index (χ2n) is 7.81. The number of aliphatic hydroxyl groups excluding tert-OH is 1. The molecule has 0 aromatic carbocycles. The van der Waals surface area contributed by atoms with Crippen molar-refractivity contribution < 1.29 is 14.4 Å². The van der Waals surface area contributed by atoms with Gasteiger partial charge in [0.25, 0.3) is 0 Å². The minimum absolute atomic E-state index is 0.338. The van der Waals surface area contributed by atoms with Crippen LogP contribution in [0.25, 0.3) is 28.0 Å². The summed E-state index contributed by atoms with van der Waals surface area (Å²) < 4.78 is 12.9. The molecule has 0 saturated heterocycles. The largest absolute Gasteiger partial charge is 0.481 e. The van der Waals surface area contributed by atoms with Crippen LogP contribution in [0, 0.1) is 0 Å². The molecule has 4 aromatic heterocycles. The number of hydrogen-bond acceptors (Lipinski definition) is 8. The standard InChI is InChI=1S/C21H20N6O3/c1-29-14-7-4-11(8-23-14)27-12-5-6-13(28)16-18(26-30-19(16)10-2-3-10)15(12)17-20(22)24-9-25-21(17)27/h4,7-10,13,28H,2-3,5-6H2,1H3,(H2,22,24,25). The molecule has 6 rings (SSSR count). The van der Waals surface area contributed by atoms with Gasteiger partial charge in [0, 0.05) is 23.2 Å². The third kappa shape index (κ3) is 2.38. The van der Waals surface area contributed by atoms with E-state index in [4.69, 9.17) is 15.0 Å². The van der Waals surface area contributed by atoms with Gasteiger partial charge in [-0.1, -0.05) is 5.16 Å². The van der Waals surface area contributed by atoms with Crippen molar-refractivity contribution in [3.63, 3.8) is 0 Å². The number of methoxy groups -OCH3 is 1. The van der Waals surface area contributed by atoms with E-state index < -0.39 is 6.10 Å². The highest BCUT2D eigenvalue weighted by molar-refractivity contribution is 6.03. The van der Waals surface area contributed by atoms with Gasteiger partial charge in [-0.15, -0.1) is 0 Å². The van der Waals surface area contributed by atoms with Crippen LogP contribution in [0.15, 0.2) is 29.2 Å². The molecule has 1 saturated carbocycles. The van der Waals surface area contributed by atoms with E-state index in [1.807, 2.05) is 10.6 Å². The summed E-state index contributed by atoms with van der Waals surface area (Å²) in [7, 11) is 1.58. The number of nitrogens with two attached hydrogens (primary N) is 1. The third-order valence-electron chi connectivity index (χ3n) is 5.99. The Morgan fingerprint density at radius 1 is 1.20 bits per heavy atom. The van der Waals surface area contributed by atoms with Crippen molar-refractivity contribution in [3.05, 3.63) is 41.7 Å². The molecule has 9 nitrogen and oxygen atoms in total. The van der Waals surface area contributed by atoms with Crippen LogP contribution in [0.1, 0.15) is 48.3 Å². The molecule has 0 bridgehead atoms. The molecule has 3 N–H and O–H groups in total. The fraction of sp³-hybridized carbons (Fsp3) is 0.333. The summed E-state index contributed by atoms with van der Waals surface area (Å²) in [6.45, 7) is 0. The molecule has 2 aliphatic rings. The van der Waals surface area contributed by atoms with Crippen molar-refractivity contribution in [2.24, 2.45) is 0 Å². The summed E-state index contributed by atoms with van der Waals surface area (Å²) >= 11 is 0. The molecule has 1 atom stereocenters. The van der Waals surface area contributed by atoms with Crippen molar-refractivity contribution >= 4 is 16.9 Å². The first-order valence-electron chi connectivity index (χ1n) is 9.99. The second-order valence-corrected chi connectivity index (χ2v) is 7.81. The highest BCUT2D eigenvalue weighted by atomic mass is 16.5. The van der Waals surface area contributed by atoms with Gasteiger partial charge in [0.05, 0.1) is 36.0 Å². The number of fused-ring (bicyclic) bond motifs is 5. The summed E-state index contributed by atoms with van der Waals surface area (Å²) in [4.78, 5) is 13.1. The van der Waals surface area contributed by atoms with Crippen molar-refractivity contribution in [1.82, 2.24) is 24.7 Å². The van der Waals surface area contributed by atoms with Gasteiger partial charge in [-0.25, -0.2) is 15.0 Å². The molecule has 0 radical (unpaired) electrons. The molecular weight excluding hydrogens is 384 g/mol. The number of pyridine rings is 1. The van der Waals surface area contributed by atoms with Crippen molar-refractivity contribution in [2.75, 3.05) is 12.8 Å². The number of hydrogen-bond donors (Lipinski definition) is 2. The van der Waals surface area contributed by atoms with E-state index in [0.29, 0.717) is 47.2 Å². The Hall–Kier alpha value is -3.46. The predicted octanol–water partition coefficient (Wildman–Crippen LogP) is 2.92. The van der Waals surface area contributed by atoms with E-state index in [9.17, 15) is 5.11 Å². The molecule has 30 heavy (non-hydrogen) atoms. The van der Waals surface area contributed by atoms with Gasteiger partial charge < -0.3 is 20.1 Å². The first-order chi connectivity index (χ1) is 14.7. The van der Waals surface area contributed by atoms with Crippen molar-refractivity contribution in [1.29, 1.82) is 0 Å². The van der Waals surface area contributed by atoms with Crippen LogP contribution < -0.4 is 10.5 Å². The maximum absolute atomic E-state index is 10.9. The lowest BCUT2D eigenvalue weighted by molar-refractivity contribution is 0.166. The zero-order chi connectivity index (χ0) is 20.4. The maximum atomic E-state index is 10.9. The molecule has 152 valence electrons. The maximum Gasteiger partial charge on any atom is 0.213 e. The molecule has 0 spiro atoms. The quantitative estimate of drug-likeness (QED) is 0.534. The number of aromatic nitrogens is 5. The minimum atomic E-state index is -0.641. The summed E-state index contributed by atoms with van der Waals surface area (Å²) in [6.07, 6.45) is 5.85. The number of ether oxygens (including phenoxy) is 1. The van der Waals surface area contributed by atoms with E-state index in [2.05, 4.69) is 20.1 Å². The molecular formula is C21H20N6O3. The Kier molecular flexibility index (Phi) is 3.64. The molecule has 1 fully saturated rings. The van der Waals surface area contributed by atoms with Crippen LogP contribution in [-0.4, -0.2) is 36.9 Å². The van der Waals surface area contributed by atoms with Gasteiger partial charge in [0.1, 0.15) is 23.6 Å². The topological polar surface area (TPSA) is 125 Å². The summed E-state index contributed by atoms with van der Waals surface area (Å²) in [6, 6.07) is 3.72. The average Bonchev–Trinajstić information content (AvgIpc) is 3.45. The van der Waals surface area contributed by atoms with Gasteiger partial charge in [0.15, 0.2) is 5.65 Å². The van der Waals surface area contributed by atoms with Crippen LogP contribution in [0.5, 0.6) is 5.88 Å². The van der Waals surface area contributed by atoms with Crippen LogP contribution in [-0.2, 0) is 6.42 Å². The monoisotopic (exact) mass is 404 g/mol. The van der Waals surface area contributed by atoms with Crippen molar-refractivity contribution in [2.45, 2.75) is 37.7 Å². The highest BCUT2D eigenvalue weighted by Gasteiger charge is 2.39. The molecule has 1 unspecified atom stereocenters. The van der Waals surface area contributed by atoms with E-state index in [0.717, 1.165) is 41.1 Å². The summed E-state index contributed by atoms with van der Waals surface area (Å²) in [5.74, 6) is 2.03. The lowest BCUT2D eigenvalue weighted by Crippen LogP contribution is -2.05. The Labute approximate surface area is 171 Å². The number of aliphatic hydroxyl groups is 1. The van der Waals surface area contributed by atoms with E-state index >= 15 is 0 Å². The molecule has 9 heteroatoms. The van der Waals surface area contributed by atoms with Crippen LogP contribution in [0.2, 0.25) is 0 Å². The van der Waals surface area contributed by atoms with Crippen LogP contribution in [0.4, 0.5) is 5.82 Å². The van der Waals surface area contributed by atoms with Gasteiger partial charge in [-0.2, -0.15) is 0 Å². The van der Waals surface area contributed by atoms with Gasteiger partial charge in [0.2, 0.25) is 5.88 Å². The Morgan fingerprint density at radius 2 is 2.07 bits per heavy atom. The second kappa shape index (κ2) is 6.27. The first-order valence-corrected chi connectivity index (χ1v) is 9.99. The van der Waals surface area contributed by atoms with Gasteiger partial charge in [-0.3, -0.25) is 4.57 Å². The number of anilines is 1. The summed E-state index contributed by atoms with van der Waals surface area (Å²) in [5, 5.41) is 16.1. The van der Waals surface area contributed by atoms with Gasteiger partial charge in [-0.05, 0) is 31.7 Å². The normalized spacial score (nSPS) is 18.1. The van der Waals surface area contributed by atoms with Crippen LogP contribution >= 0.6 is 0 Å². The number of rotatable bonds is 3. The van der Waals surface area contributed by atoms with Gasteiger partial charge >= 0.3 is 0 Å². The minimum Gasteiger partial charge on any atom is -0.481 e. The first kappa shape index (κ1) is 17.4. The Morgan fingerprint density at radius 3 is 2.80 bits per heavy atom. The molecule has 0 amide bonds. The smallest absolute Gasteiger partial charge is 0.213 e. The number of nitrogen functional groups attached to an aromatic ring is 1. The molecule has 2 aliphatic carbocycles. The lowest BCUT2D eigenvalue weighted by Gasteiger charge is -2.12.